The normalized spacial score (nSPS) is 22.7. The van der Waals surface area contributed by atoms with Gasteiger partial charge in [0.05, 0.1) is 6.04 Å². The Morgan fingerprint density at radius 3 is 3.04 bits per heavy atom. The molecule has 6 heteroatoms. The molecule has 2 fully saturated rings. The van der Waals surface area contributed by atoms with E-state index in [0.717, 1.165) is 37.2 Å². The van der Waals surface area contributed by atoms with Gasteiger partial charge in [0, 0.05) is 25.2 Å². The Balaban J connectivity index is 1.30. The van der Waals surface area contributed by atoms with Gasteiger partial charge >= 0.3 is 0 Å². The highest BCUT2D eigenvalue weighted by Crippen LogP contribution is 2.39. The van der Waals surface area contributed by atoms with E-state index >= 15 is 0 Å². The Bertz CT molecular complexity index is 696. The molecule has 1 saturated carbocycles. The second-order valence-electron chi connectivity index (χ2n) is 7.19. The molecule has 1 aliphatic heterocycles. The number of hydrogen-bond acceptors (Lipinski definition) is 6. The van der Waals surface area contributed by atoms with Crippen LogP contribution in [0.2, 0.25) is 0 Å². The molecule has 0 aromatic carbocycles. The Hall–Kier alpha value is -1.95. The van der Waals surface area contributed by atoms with Crippen molar-refractivity contribution in [3.63, 3.8) is 0 Å². The molecule has 1 N–H and O–H groups in total. The summed E-state index contributed by atoms with van der Waals surface area (Å²) >= 11 is 0. The second-order valence-corrected chi connectivity index (χ2v) is 7.19. The first kappa shape index (κ1) is 15.6. The molecule has 0 spiro atoms. The second kappa shape index (κ2) is 6.51. The summed E-state index contributed by atoms with van der Waals surface area (Å²) in [5.74, 6) is 3.81. The maximum absolute atomic E-state index is 5.49. The van der Waals surface area contributed by atoms with Gasteiger partial charge < -0.3 is 9.84 Å². The van der Waals surface area contributed by atoms with Crippen LogP contribution in [0.15, 0.2) is 22.9 Å². The van der Waals surface area contributed by atoms with Crippen LogP contribution in [0, 0.1) is 12.8 Å². The molecule has 0 radical (unpaired) electrons. The van der Waals surface area contributed by atoms with Crippen LogP contribution in [0.4, 0.5) is 5.82 Å². The van der Waals surface area contributed by atoms with E-state index < -0.39 is 0 Å². The molecule has 2 aliphatic rings. The van der Waals surface area contributed by atoms with Gasteiger partial charge in [0.1, 0.15) is 5.82 Å². The summed E-state index contributed by atoms with van der Waals surface area (Å²) in [5, 5.41) is 7.61. The molecular formula is C18H25N5O. The Morgan fingerprint density at radius 1 is 1.38 bits per heavy atom. The predicted octanol–water partition coefficient (Wildman–Crippen LogP) is 3.15. The highest BCUT2D eigenvalue weighted by Gasteiger charge is 2.32. The molecule has 0 unspecified atom stereocenters. The lowest BCUT2D eigenvalue weighted by molar-refractivity contribution is 0.203. The highest BCUT2D eigenvalue weighted by atomic mass is 16.5. The number of nitrogens with zero attached hydrogens (tertiary/aromatic N) is 4. The third-order valence-electron chi connectivity index (χ3n) is 5.11. The van der Waals surface area contributed by atoms with E-state index in [0.29, 0.717) is 11.8 Å². The third-order valence-corrected chi connectivity index (χ3v) is 5.11. The molecule has 0 bridgehead atoms. The van der Waals surface area contributed by atoms with E-state index in [-0.39, 0.29) is 6.04 Å². The number of rotatable bonds is 6. The van der Waals surface area contributed by atoms with Gasteiger partial charge in [-0.1, -0.05) is 5.16 Å². The summed E-state index contributed by atoms with van der Waals surface area (Å²) in [5.41, 5.74) is 1.23. The molecule has 24 heavy (non-hydrogen) atoms. The van der Waals surface area contributed by atoms with Crippen molar-refractivity contribution in [3.8, 4) is 0 Å². The summed E-state index contributed by atoms with van der Waals surface area (Å²) in [4.78, 5) is 11.4. The van der Waals surface area contributed by atoms with E-state index in [1.165, 1.54) is 24.8 Å². The van der Waals surface area contributed by atoms with E-state index in [1.54, 1.807) is 0 Å². The lowest BCUT2D eigenvalue weighted by atomic mass is 10.1. The van der Waals surface area contributed by atoms with Crippen molar-refractivity contribution in [3.05, 3.63) is 35.6 Å². The minimum absolute atomic E-state index is 0.201. The largest absolute Gasteiger partial charge is 0.370 e. The number of hydrogen-bond donors (Lipinski definition) is 1. The van der Waals surface area contributed by atoms with Crippen LogP contribution >= 0.6 is 0 Å². The van der Waals surface area contributed by atoms with Crippen LogP contribution in [-0.2, 0) is 0 Å². The molecular weight excluding hydrogens is 302 g/mol. The lowest BCUT2D eigenvalue weighted by Crippen LogP contribution is -2.26. The van der Waals surface area contributed by atoms with Crippen LogP contribution < -0.4 is 5.32 Å². The van der Waals surface area contributed by atoms with Gasteiger partial charge in [0.2, 0.25) is 5.89 Å². The number of nitrogens with one attached hydrogen (secondary N) is 1. The molecule has 2 atom stereocenters. The van der Waals surface area contributed by atoms with Crippen molar-refractivity contribution in [1.82, 2.24) is 20.0 Å². The number of pyridine rings is 1. The maximum Gasteiger partial charge on any atom is 0.243 e. The minimum Gasteiger partial charge on any atom is -0.370 e. The fraction of sp³-hybridized carbons (Fsp3) is 0.611. The summed E-state index contributed by atoms with van der Waals surface area (Å²) in [6.45, 7) is 7.35. The average Bonchev–Trinajstić information content (AvgIpc) is 3.12. The van der Waals surface area contributed by atoms with Gasteiger partial charge in [-0.15, -0.1) is 0 Å². The summed E-state index contributed by atoms with van der Waals surface area (Å²) in [6.07, 6.45) is 5.45. The van der Waals surface area contributed by atoms with Crippen LogP contribution in [-0.4, -0.2) is 39.7 Å². The average molecular weight is 327 g/mol. The van der Waals surface area contributed by atoms with Crippen LogP contribution in [0.1, 0.15) is 55.4 Å². The van der Waals surface area contributed by atoms with E-state index in [2.05, 4.69) is 45.3 Å². The zero-order valence-electron chi connectivity index (χ0n) is 14.4. The fourth-order valence-corrected chi connectivity index (χ4v) is 3.34. The quantitative estimate of drug-likeness (QED) is 0.879. The molecule has 6 nitrogen and oxygen atoms in total. The molecule has 2 aromatic heterocycles. The summed E-state index contributed by atoms with van der Waals surface area (Å²) in [7, 11) is 0. The standard InChI is InChI=1S/C18H25N5O/c1-12-5-7-19-16(9-12)20-10-14-6-8-23(11-14)13(2)18-21-17(22-24-18)15-3-4-15/h5,7,9,13-15H,3-4,6,8,10-11H2,1-2H3,(H,19,20)/t13-,14-/m1/s1. The molecule has 3 heterocycles. The summed E-state index contributed by atoms with van der Waals surface area (Å²) in [6, 6.07) is 4.31. The Labute approximate surface area is 142 Å². The van der Waals surface area contributed by atoms with Crippen LogP contribution in [0.3, 0.4) is 0 Å². The molecule has 128 valence electrons. The van der Waals surface area contributed by atoms with Crippen molar-refractivity contribution >= 4 is 5.82 Å². The van der Waals surface area contributed by atoms with Gasteiger partial charge in [-0.05, 0) is 63.3 Å². The van der Waals surface area contributed by atoms with Crippen molar-refractivity contribution in [2.45, 2.75) is 45.1 Å². The number of aromatic nitrogens is 3. The van der Waals surface area contributed by atoms with Crippen LogP contribution in [0.25, 0.3) is 0 Å². The Morgan fingerprint density at radius 2 is 2.25 bits per heavy atom. The van der Waals surface area contributed by atoms with Gasteiger partial charge in [-0.2, -0.15) is 4.98 Å². The third kappa shape index (κ3) is 3.43. The number of aryl methyl sites for hydroxylation is 1. The fourth-order valence-electron chi connectivity index (χ4n) is 3.34. The minimum atomic E-state index is 0.201. The van der Waals surface area contributed by atoms with Crippen LogP contribution in [0.5, 0.6) is 0 Å². The lowest BCUT2D eigenvalue weighted by Gasteiger charge is -2.21. The van der Waals surface area contributed by atoms with E-state index in [1.807, 2.05) is 12.3 Å². The monoisotopic (exact) mass is 327 g/mol. The first-order chi connectivity index (χ1) is 11.7. The van der Waals surface area contributed by atoms with Gasteiger partial charge in [0.15, 0.2) is 5.82 Å². The smallest absolute Gasteiger partial charge is 0.243 e. The van der Waals surface area contributed by atoms with Gasteiger partial charge in [-0.3, -0.25) is 4.90 Å². The predicted molar refractivity (Wildman–Crippen MR) is 91.8 cm³/mol. The van der Waals surface area contributed by atoms with Gasteiger partial charge in [0.25, 0.3) is 0 Å². The van der Waals surface area contributed by atoms with E-state index in [4.69, 9.17) is 4.52 Å². The molecule has 2 aromatic rings. The van der Waals surface area contributed by atoms with E-state index in [9.17, 15) is 0 Å². The van der Waals surface area contributed by atoms with Crippen molar-refractivity contribution in [2.24, 2.45) is 5.92 Å². The molecule has 0 amide bonds. The molecule has 1 aliphatic carbocycles. The van der Waals surface area contributed by atoms with Gasteiger partial charge in [-0.25, -0.2) is 4.98 Å². The zero-order valence-corrected chi connectivity index (χ0v) is 14.4. The SMILES string of the molecule is Cc1ccnc(NC[C@H]2CCN([C@H](C)c3nc(C4CC4)no3)C2)c1. The first-order valence-electron chi connectivity index (χ1n) is 8.93. The topological polar surface area (TPSA) is 67.1 Å². The number of likely N-dealkylation sites (tertiary alicyclic amines) is 1. The van der Waals surface area contributed by atoms with Crippen molar-refractivity contribution in [1.29, 1.82) is 0 Å². The summed E-state index contributed by atoms with van der Waals surface area (Å²) < 4.78 is 5.49. The first-order valence-corrected chi connectivity index (χ1v) is 8.93. The van der Waals surface area contributed by atoms with Crippen molar-refractivity contribution in [2.75, 3.05) is 25.0 Å². The highest BCUT2D eigenvalue weighted by molar-refractivity contribution is 5.36. The Kier molecular flexibility index (Phi) is 4.22. The maximum atomic E-state index is 5.49. The molecule has 4 rings (SSSR count). The van der Waals surface area contributed by atoms with Crippen molar-refractivity contribution < 1.29 is 4.52 Å². The zero-order chi connectivity index (χ0) is 16.5. The molecule has 1 saturated heterocycles. The number of anilines is 1.